The number of urea groups is 1. The average molecular weight is 467 g/mol. The second-order valence-electron chi connectivity index (χ2n) is 10.0. The zero-order valence-corrected chi connectivity index (χ0v) is 19.0. The Labute approximate surface area is 197 Å². The maximum atomic E-state index is 12.7. The first-order chi connectivity index (χ1) is 16.5. The fourth-order valence-electron chi connectivity index (χ4n) is 5.51. The van der Waals surface area contributed by atoms with Crippen molar-refractivity contribution in [2.75, 3.05) is 30.3 Å². The Hall–Kier alpha value is -3.27. The van der Waals surface area contributed by atoms with Crippen LogP contribution in [0.2, 0.25) is 0 Å². The lowest BCUT2D eigenvalue weighted by atomic mass is 9.50. The zero-order valence-electron chi connectivity index (χ0n) is 19.0. The second-order valence-corrected chi connectivity index (χ2v) is 10.0. The van der Waals surface area contributed by atoms with Crippen molar-refractivity contribution in [3.8, 4) is 0 Å². The van der Waals surface area contributed by atoms with E-state index in [1.54, 1.807) is 11.0 Å². The minimum atomic E-state index is -0.351. The van der Waals surface area contributed by atoms with Crippen LogP contribution in [0.1, 0.15) is 43.9 Å². The summed E-state index contributed by atoms with van der Waals surface area (Å²) in [7, 11) is 0. The van der Waals surface area contributed by atoms with Gasteiger partial charge in [0.05, 0.1) is 12.3 Å². The fourth-order valence-corrected chi connectivity index (χ4v) is 5.51. The van der Waals surface area contributed by atoms with Crippen molar-refractivity contribution in [3.63, 3.8) is 0 Å². The van der Waals surface area contributed by atoms with E-state index in [9.17, 15) is 9.59 Å². The summed E-state index contributed by atoms with van der Waals surface area (Å²) in [4.78, 5) is 26.7. The van der Waals surface area contributed by atoms with E-state index in [0.29, 0.717) is 31.9 Å². The molecule has 5 aliphatic rings. The molecule has 3 heterocycles. The van der Waals surface area contributed by atoms with E-state index < -0.39 is 0 Å². The first-order valence-electron chi connectivity index (χ1n) is 12.1. The molecule has 3 atom stereocenters. The van der Waals surface area contributed by atoms with Gasteiger partial charge in [-0.1, -0.05) is 18.2 Å². The Morgan fingerprint density at radius 2 is 2.03 bits per heavy atom. The average Bonchev–Trinajstić information content (AvgIpc) is 3.52. The number of likely N-dealkylation sites (tertiary alicyclic amines) is 1. The van der Waals surface area contributed by atoms with E-state index in [4.69, 9.17) is 9.47 Å². The number of amides is 3. The number of nitrogens with one attached hydrogen (secondary N) is 4. The number of aromatic amines is 1. The molecule has 0 spiro atoms. The molecular formula is C24H30N6O4. The Morgan fingerprint density at radius 3 is 2.79 bits per heavy atom. The molecule has 1 aromatic heterocycles. The lowest BCUT2D eigenvalue weighted by molar-refractivity contribution is -0.0510. The molecule has 3 saturated carbocycles. The molecule has 3 aliphatic carbocycles. The van der Waals surface area contributed by atoms with Crippen LogP contribution in [0.5, 0.6) is 0 Å². The molecule has 0 unspecified atom stereocenters. The van der Waals surface area contributed by atoms with Crippen LogP contribution < -0.4 is 16.0 Å². The van der Waals surface area contributed by atoms with Gasteiger partial charge in [-0.15, -0.1) is 0 Å². The number of para-hydroxylation sites is 1. The van der Waals surface area contributed by atoms with E-state index in [1.165, 1.54) is 0 Å². The highest BCUT2D eigenvalue weighted by Gasteiger charge is 2.57. The number of hydrogen-bond acceptors (Lipinski definition) is 6. The largest absolute Gasteiger partial charge is 0.444 e. The van der Waals surface area contributed by atoms with Crippen LogP contribution in [0.25, 0.3) is 0 Å². The molecule has 2 aromatic rings. The van der Waals surface area contributed by atoms with Crippen molar-refractivity contribution >= 4 is 23.6 Å². The highest BCUT2D eigenvalue weighted by molar-refractivity contribution is 5.88. The lowest BCUT2D eigenvalue weighted by Gasteiger charge is -2.61. The standard InChI is InChI=1S/C24H30N6O4/c31-22(30-7-6-17(13-30)25-16-4-2-1-3-5-16)26-21-9-19(28-29-21)20-8-18(14-33-20)34-23(32)27-24-10-15(11-24)12-24/h1-5,9,15,17-18,20,25H,6-8,10-14H2,(H,27,32)(H2,26,28,29,31)/t15?,17-,18+,20+,24?/m1/s1. The molecule has 10 heteroatoms. The molecule has 1 aromatic carbocycles. The molecule has 2 saturated heterocycles. The monoisotopic (exact) mass is 466 g/mol. The topological polar surface area (TPSA) is 121 Å². The van der Waals surface area contributed by atoms with Crippen LogP contribution >= 0.6 is 0 Å². The van der Waals surface area contributed by atoms with Gasteiger partial charge in [-0.3, -0.25) is 10.4 Å². The number of rotatable bonds is 6. The summed E-state index contributed by atoms with van der Waals surface area (Å²) >= 11 is 0. The molecule has 34 heavy (non-hydrogen) atoms. The smallest absolute Gasteiger partial charge is 0.407 e. The highest BCUT2D eigenvalue weighted by Crippen LogP contribution is 2.56. The highest BCUT2D eigenvalue weighted by atomic mass is 16.6. The van der Waals surface area contributed by atoms with Gasteiger partial charge in [-0.05, 0) is 43.7 Å². The lowest BCUT2D eigenvalue weighted by Crippen LogP contribution is -2.68. The van der Waals surface area contributed by atoms with Crippen molar-refractivity contribution in [2.24, 2.45) is 5.92 Å². The molecular weight excluding hydrogens is 436 g/mol. The third kappa shape index (κ3) is 4.29. The molecule has 10 nitrogen and oxygen atoms in total. The van der Waals surface area contributed by atoms with Gasteiger partial charge in [-0.25, -0.2) is 9.59 Å². The first-order valence-corrected chi connectivity index (χ1v) is 12.1. The number of benzene rings is 1. The third-order valence-electron chi connectivity index (χ3n) is 7.44. The summed E-state index contributed by atoms with van der Waals surface area (Å²) in [5.74, 6) is 1.25. The summed E-state index contributed by atoms with van der Waals surface area (Å²) in [5, 5.41) is 16.5. The van der Waals surface area contributed by atoms with Crippen LogP contribution in [-0.2, 0) is 9.47 Å². The Morgan fingerprint density at radius 1 is 1.21 bits per heavy atom. The number of aromatic nitrogens is 2. The van der Waals surface area contributed by atoms with Gasteiger partial charge in [-0.2, -0.15) is 5.10 Å². The number of anilines is 2. The minimum absolute atomic E-state index is 0.00403. The predicted molar refractivity (Wildman–Crippen MR) is 124 cm³/mol. The van der Waals surface area contributed by atoms with Crippen LogP contribution in [0.4, 0.5) is 21.1 Å². The van der Waals surface area contributed by atoms with Crippen molar-refractivity contribution in [3.05, 3.63) is 42.1 Å². The number of H-pyrrole nitrogens is 1. The van der Waals surface area contributed by atoms with Crippen LogP contribution in [0.3, 0.4) is 0 Å². The maximum Gasteiger partial charge on any atom is 0.407 e. The summed E-state index contributed by atoms with van der Waals surface area (Å²) in [6, 6.07) is 11.8. The van der Waals surface area contributed by atoms with Gasteiger partial charge in [0.1, 0.15) is 12.2 Å². The third-order valence-corrected chi connectivity index (χ3v) is 7.44. The summed E-state index contributed by atoms with van der Waals surface area (Å²) in [6.45, 7) is 1.66. The van der Waals surface area contributed by atoms with Gasteiger partial charge < -0.3 is 25.0 Å². The second kappa shape index (κ2) is 8.50. The number of alkyl carbamates (subject to hydrolysis) is 1. The van der Waals surface area contributed by atoms with E-state index in [1.807, 2.05) is 30.3 Å². The molecule has 5 fully saturated rings. The molecule has 4 N–H and O–H groups in total. The van der Waals surface area contributed by atoms with E-state index in [0.717, 1.165) is 43.0 Å². The van der Waals surface area contributed by atoms with Gasteiger partial charge in [0.25, 0.3) is 0 Å². The zero-order chi connectivity index (χ0) is 23.1. The van der Waals surface area contributed by atoms with Gasteiger partial charge in [0, 0.05) is 42.8 Å². The Balaban J connectivity index is 0.960. The molecule has 2 aliphatic heterocycles. The number of hydrogen-bond donors (Lipinski definition) is 4. The van der Waals surface area contributed by atoms with E-state index in [2.05, 4.69) is 26.1 Å². The predicted octanol–water partition coefficient (Wildman–Crippen LogP) is 3.24. The molecule has 7 rings (SSSR count). The Kier molecular flexibility index (Phi) is 5.32. The molecule has 0 radical (unpaired) electrons. The van der Waals surface area contributed by atoms with Gasteiger partial charge in [0.15, 0.2) is 5.82 Å². The van der Waals surface area contributed by atoms with Crippen molar-refractivity contribution < 1.29 is 19.1 Å². The van der Waals surface area contributed by atoms with Crippen LogP contribution in [-0.4, -0.2) is 64.6 Å². The number of carbonyl (C=O) groups is 2. The van der Waals surface area contributed by atoms with Crippen molar-refractivity contribution in [1.29, 1.82) is 0 Å². The van der Waals surface area contributed by atoms with Crippen LogP contribution in [0.15, 0.2) is 36.4 Å². The SMILES string of the molecule is O=C(NC12CC(C1)C2)O[C@@H]1CO[C@H](c2cc(NC(=O)N3CC[C@@H](Nc4ccccc4)C3)n[nH]2)C1. The van der Waals surface area contributed by atoms with Gasteiger partial charge >= 0.3 is 12.1 Å². The van der Waals surface area contributed by atoms with Crippen molar-refractivity contribution in [1.82, 2.24) is 20.4 Å². The van der Waals surface area contributed by atoms with E-state index in [-0.39, 0.29) is 35.9 Å². The number of ether oxygens (including phenoxy) is 2. The molecule has 2 bridgehead atoms. The fraction of sp³-hybridized carbons (Fsp3) is 0.542. The van der Waals surface area contributed by atoms with Crippen molar-refractivity contribution in [2.45, 2.75) is 55.9 Å². The first kappa shape index (κ1) is 21.3. The number of carbonyl (C=O) groups excluding carboxylic acids is 2. The summed E-state index contributed by atoms with van der Waals surface area (Å²) in [5.41, 5.74) is 1.82. The quantitative estimate of drug-likeness (QED) is 0.519. The Bertz CT molecular complexity index is 1040. The number of nitrogens with zero attached hydrogens (tertiary/aromatic N) is 2. The van der Waals surface area contributed by atoms with Gasteiger partial charge in [0.2, 0.25) is 0 Å². The molecule has 180 valence electrons. The minimum Gasteiger partial charge on any atom is -0.444 e. The maximum absolute atomic E-state index is 12.7. The summed E-state index contributed by atoms with van der Waals surface area (Å²) in [6.07, 6.45) is 3.78. The summed E-state index contributed by atoms with van der Waals surface area (Å²) < 4.78 is 11.4. The normalized spacial score (nSPS) is 31.4. The van der Waals surface area contributed by atoms with Crippen LogP contribution in [0, 0.1) is 5.92 Å². The molecule has 3 amide bonds. The van der Waals surface area contributed by atoms with E-state index >= 15 is 0 Å².